The fourth-order valence-electron chi connectivity index (χ4n) is 2.89. The first-order valence-electron chi connectivity index (χ1n) is 7.67. The molecule has 0 saturated heterocycles. The molecular formula is C18H11N3O5. The zero-order chi connectivity index (χ0) is 18.4. The molecule has 1 aliphatic heterocycles. The summed E-state index contributed by atoms with van der Waals surface area (Å²) in [5.74, 6) is -0.357. The molecule has 2 aromatic carbocycles. The third kappa shape index (κ3) is 2.35. The third-order valence-corrected chi connectivity index (χ3v) is 4.00. The molecule has 128 valence electrons. The van der Waals surface area contributed by atoms with Crippen molar-refractivity contribution in [3.63, 3.8) is 0 Å². The molecule has 0 aromatic heterocycles. The topological polar surface area (TPSA) is 115 Å². The number of carbonyl (C=O) groups excluding carboxylic acids is 1. The van der Waals surface area contributed by atoms with Crippen molar-refractivity contribution < 1.29 is 14.1 Å². The predicted molar refractivity (Wildman–Crippen MR) is 95.4 cm³/mol. The van der Waals surface area contributed by atoms with Crippen molar-refractivity contribution in [3.8, 4) is 11.5 Å². The number of rotatable bonds is 2. The lowest BCUT2D eigenvalue weighted by atomic mass is 10.0. The normalized spacial score (nSPS) is 11.1. The number of amides is 1. The number of nitrogens with zero attached hydrogens (tertiary/aromatic N) is 2. The first-order valence-corrected chi connectivity index (χ1v) is 7.67. The predicted octanol–water partition coefficient (Wildman–Crippen LogP) is 3.31. The Morgan fingerprint density at radius 3 is 2.62 bits per heavy atom. The monoisotopic (exact) mass is 349 g/mol. The lowest BCUT2D eigenvalue weighted by Gasteiger charge is -2.14. The van der Waals surface area contributed by atoms with Crippen LogP contribution < -0.4 is 10.7 Å². The average Bonchev–Trinajstić information content (AvgIpc) is 2.63. The molecule has 1 heterocycles. The molecule has 8 heteroatoms. The van der Waals surface area contributed by atoms with Gasteiger partial charge in [0.15, 0.2) is 11.3 Å². The van der Waals surface area contributed by atoms with Gasteiger partial charge < -0.3 is 9.73 Å². The second-order valence-electron chi connectivity index (χ2n) is 5.73. The van der Waals surface area contributed by atoms with Gasteiger partial charge in [0.25, 0.3) is 5.69 Å². The Morgan fingerprint density at radius 2 is 1.92 bits per heavy atom. The van der Waals surface area contributed by atoms with Crippen molar-refractivity contribution in [3.05, 3.63) is 62.8 Å². The van der Waals surface area contributed by atoms with E-state index in [1.807, 2.05) is 0 Å². The number of aromatic nitrogens is 1. The number of nitrogens with one attached hydrogen (secondary N) is 1. The largest absolute Gasteiger partial charge is 0.450 e. The minimum Gasteiger partial charge on any atom is -0.450 e. The van der Waals surface area contributed by atoms with Crippen LogP contribution in [0, 0.1) is 10.1 Å². The van der Waals surface area contributed by atoms with Gasteiger partial charge >= 0.3 is 0 Å². The highest BCUT2D eigenvalue weighted by molar-refractivity contribution is 6.04. The van der Waals surface area contributed by atoms with E-state index in [9.17, 15) is 19.7 Å². The Labute approximate surface area is 145 Å². The number of anilines is 1. The summed E-state index contributed by atoms with van der Waals surface area (Å²) in [4.78, 5) is 39.3. The fraction of sp³-hybridized carbons (Fsp3) is 0.0556. The number of benzene rings is 3. The van der Waals surface area contributed by atoms with Gasteiger partial charge in [0.1, 0.15) is 16.9 Å². The highest BCUT2D eigenvalue weighted by atomic mass is 16.6. The van der Waals surface area contributed by atoms with Crippen LogP contribution in [0.2, 0.25) is 0 Å². The number of hydrogen-bond donors (Lipinski definition) is 1. The van der Waals surface area contributed by atoms with Crippen molar-refractivity contribution in [2.45, 2.75) is 6.92 Å². The van der Waals surface area contributed by atoms with E-state index in [4.69, 9.17) is 4.42 Å². The van der Waals surface area contributed by atoms with Crippen molar-refractivity contribution >= 4 is 39.2 Å². The van der Waals surface area contributed by atoms with Crippen LogP contribution in [0.1, 0.15) is 6.92 Å². The molecule has 0 radical (unpaired) electrons. The van der Waals surface area contributed by atoms with Crippen LogP contribution in [-0.4, -0.2) is 15.8 Å². The van der Waals surface area contributed by atoms with E-state index < -0.39 is 16.3 Å². The SMILES string of the molecule is CC(=O)Nc1c2oc3cc([N+](=O)[O-])ccc3nc-2c2ccccc2c1=O. The van der Waals surface area contributed by atoms with Gasteiger partial charge in [0.05, 0.1) is 11.0 Å². The van der Waals surface area contributed by atoms with Crippen LogP contribution in [0.4, 0.5) is 11.4 Å². The first kappa shape index (κ1) is 15.7. The molecule has 4 rings (SSSR count). The number of hydrogen-bond acceptors (Lipinski definition) is 6. The summed E-state index contributed by atoms with van der Waals surface area (Å²) in [6.45, 7) is 1.28. The number of carbonyl (C=O) groups is 1. The van der Waals surface area contributed by atoms with Gasteiger partial charge in [-0.1, -0.05) is 24.3 Å². The Balaban J connectivity index is 2.18. The fourth-order valence-corrected chi connectivity index (χ4v) is 2.89. The summed E-state index contributed by atoms with van der Waals surface area (Å²) in [5, 5.41) is 14.4. The van der Waals surface area contributed by atoms with Gasteiger partial charge in [-0.05, 0) is 6.07 Å². The molecule has 2 aliphatic rings. The molecule has 8 nitrogen and oxygen atoms in total. The van der Waals surface area contributed by atoms with E-state index in [1.54, 1.807) is 24.3 Å². The maximum atomic E-state index is 12.8. The van der Waals surface area contributed by atoms with Gasteiger partial charge in [0, 0.05) is 23.8 Å². The van der Waals surface area contributed by atoms with Crippen molar-refractivity contribution in [1.29, 1.82) is 0 Å². The molecule has 1 amide bonds. The van der Waals surface area contributed by atoms with E-state index >= 15 is 0 Å². The number of nitro benzene ring substituents is 1. The molecule has 1 N–H and O–H groups in total. The van der Waals surface area contributed by atoms with Crippen LogP contribution in [-0.2, 0) is 4.79 Å². The summed E-state index contributed by atoms with van der Waals surface area (Å²) in [6, 6.07) is 10.9. The molecule has 26 heavy (non-hydrogen) atoms. The van der Waals surface area contributed by atoms with Crippen LogP contribution in [0.15, 0.2) is 51.7 Å². The average molecular weight is 349 g/mol. The maximum Gasteiger partial charge on any atom is 0.273 e. The van der Waals surface area contributed by atoms with Gasteiger partial charge in [-0.3, -0.25) is 19.7 Å². The first-order chi connectivity index (χ1) is 12.5. The lowest BCUT2D eigenvalue weighted by Crippen LogP contribution is -2.18. The van der Waals surface area contributed by atoms with Crippen molar-refractivity contribution in [2.24, 2.45) is 0 Å². The minimum absolute atomic E-state index is 0.0351. The van der Waals surface area contributed by atoms with Crippen molar-refractivity contribution in [2.75, 3.05) is 5.32 Å². The molecule has 0 saturated carbocycles. The molecule has 0 atom stereocenters. The quantitative estimate of drug-likeness (QED) is 0.257. The number of fused-ring (bicyclic) bond motifs is 4. The van der Waals surface area contributed by atoms with Gasteiger partial charge in [0.2, 0.25) is 11.3 Å². The number of nitro groups is 1. The zero-order valence-electron chi connectivity index (χ0n) is 13.5. The summed E-state index contributed by atoms with van der Waals surface area (Å²) in [7, 11) is 0. The molecule has 0 spiro atoms. The van der Waals surface area contributed by atoms with E-state index in [2.05, 4.69) is 10.3 Å². The molecule has 1 aliphatic carbocycles. The van der Waals surface area contributed by atoms with E-state index in [-0.39, 0.29) is 22.7 Å². The van der Waals surface area contributed by atoms with Gasteiger partial charge in [-0.15, -0.1) is 0 Å². The van der Waals surface area contributed by atoms with Gasteiger partial charge in [-0.2, -0.15) is 0 Å². The summed E-state index contributed by atoms with van der Waals surface area (Å²) < 4.78 is 5.78. The Hall–Kier alpha value is -3.81. The summed E-state index contributed by atoms with van der Waals surface area (Å²) in [6.07, 6.45) is 0. The van der Waals surface area contributed by atoms with Crippen molar-refractivity contribution in [1.82, 2.24) is 4.98 Å². The summed E-state index contributed by atoms with van der Waals surface area (Å²) in [5.41, 5.74) is 0.344. The second-order valence-corrected chi connectivity index (χ2v) is 5.73. The zero-order valence-corrected chi connectivity index (χ0v) is 13.5. The molecule has 0 unspecified atom stereocenters. The summed E-state index contributed by atoms with van der Waals surface area (Å²) >= 11 is 0. The highest BCUT2D eigenvalue weighted by Crippen LogP contribution is 2.35. The highest BCUT2D eigenvalue weighted by Gasteiger charge is 2.23. The van der Waals surface area contributed by atoms with Crippen LogP contribution in [0.5, 0.6) is 0 Å². The second kappa shape index (κ2) is 5.62. The smallest absolute Gasteiger partial charge is 0.273 e. The Morgan fingerprint density at radius 1 is 1.19 bits per heavy atom. The van der Waals surface area contributed by atoms with Crippen LogP contribution in [0.3, 0.4) is 0 Å². The minimum atomic E-state index is -0.548. The van der Waals surface area contributed by atoms with E-state index in [0.717, 1.165) is 0 Å². The number of non-ortho nitro benzene ring substituents is 1. The third-order valence-electron chi connectivity index (χ3n) is 4.00. The molecular weight excluding hydrogens is 338 g/mol. The Bertz CT molecular complexity index is 1240. The Kier molecular flexibility index (Phi) is 3.40. The standard InChI is InChI=1S/C18H11N3O5/c1-9(22)19-16-17(23)12-5-3-2-4-11(12)15-18(16)26-14-8-10(21(24)25)6-7-13(14)20-15/h2-8H,1H3,(H,19,22). The lowest BCUT2D eigenvalue weighted by molar-refractivity contribution is -0.384. The van der Waals surface area contributed by atoms with E-state index in [1.165, 1.54) is 25.1 Å². The van der Waals surface area contributed by atoms with Crippen LogP contribution >= 0.6 is 0 Å². The maximum absolute atomic E-state index is 12.8. The van der Waals surface area contributed by atoms with Crippen LogP contribution in [0.25, 0.3) is 33.3 Å². The molecule has 2 aromatic rings. The molecule has 0 fully saturated rings. The van der Waals surface area contributed by atoms with Gasteiger partial charge in [-0.25, -0.2) is 4.98 Å². The van der Waals surface area contributed by atoms with E-state index in [0.29, 0.717) is 22.0 Å². The molecule has 0 bridgehead atoms.